The highest BCUT2D eigenvalue weighted by Gasteiger charge is 2.47. The largest absolute Gasteiger partial charge is 0.501 e. The van der Waals surface area contributed by atoms with E-state index in [2.05, 4.69) is 5.32 Å². The Kier molecular flexibility index (Phi) is 6.11. The fourth-order valence-corrected chi connectivity index (χ4v) is 3.04. The van der Waals surface area contributed by atoms with Crippen LogP contribution in [-0.4, -0.2) is 34.1 Å². The SMILES string of the molecule is COCc1cccc(C(=O)Nc2cc(S(=O)(=O)C(F)(F)F)ccc2OC)c1. The van der Waals surface area contributed by atoms with Gasteiger partial charge in [0, 0.05) is 12.7 Å². The van der Waals surface area contributed by atoms with E-state index < -0.39 is 26.1 Å². The van der Waals surface area contributed by atoms with Gasteiger partial charge >= 0.3 is 5.51 Å². The van der Waals surface area contributed by atoms with Crippen LogP contribution in [0.4, 0.5) is 18.9 Å². The second kappa shape index (κ2) is 7.97. The molecule has 0 atom stereocenters. The van der Waals surface area contributed by atoms with Gasteiger partial charge in [0.2, 0.25) is 0 Å². The summed E-state index contributed by atoms with van der Waals surface area (Å²) in [4.78, 5) is 11.4. The Balaban J connectivity index is 2.39. The molecule has 0 aliphatic heterocycles. The molecule has 0 aliphatic carbocycles. The highest BCUT2D eigenvalue weighted by atomic mass is 32.2. The lowest BCUT2D eigenvalue weighted by Gasteiger charge is -2.14. The van der Waals surface area contributed by atoms with Crippen molar-refractivity contribution < 1.29 is 35.9 Å². The number of hydrogen-bond donors (Lipinski definition) is 1. The van der Waals surface area contributed by atoms with Gasteiger partial charge in [-0.05, 0) is 35.9 Å². The molecule has 0 saturated carbocycles. The van der Waals surface area contributed by atoms with Crippen molar-refractivity contribution in [2.45, 2.75) is 17.0 Å². The zero-order valence-electron chi connectivity index (χ0n) is 14.3. The van der Waals surface area contributed by atoms with Crippen LogP contribution >= 0.6 is 0 Å². The van der Waals surface area contributed by atoms with E-state index in [9.17, 15) is 26.4 Å². The number of carbonyl (C=O) groups is 1. The molecule has 0 aromatic heterocycles. The van der Waals surface area contributed by atoms with Gasteiger partial charge in [-0.1, -0.05) is 12.1 Å². The predicted octanol–water partition coefficient (Wildman–Crippen LogP) is 3.39. The third kappa shape index (κ3) is 4.58. The number of amides is 1. The molecule has 0 fully saturated rings. The summed E-state index contributed by atoms with van der Waals surface area (Å²) < 4.78 is 71.4. The van der Waals surface area contributed by atoms with Crippen LogP contribution < -0.4 is 10.1 Å². The molecule has 0 saturated heterocycles. The summed E-state index contributed by atoms with van der Waals surface area (Å²) in [7, 11) is -2.83. The molecule has 146 valence electrons. The van der Waals surface area contributed by atoms with E-state index in [1.165, 1.54) is 20.3 Å². The minimum absolute atomic E-state index is 0.0116. The van der Waals surface area contributed by atoms with Crippen LogP contribution in [0, 0.1) is 0 Å². The molecule has 0 heterocycles. The van der Waals surface area contributed by atoms with Gasteiger partial charge in [0.1, 0.15) is 5.75 Å². The lowest BCUT2D eigenvalue weighted by Crippen LogP contribution is -2.23. The number of alkyl halides is 3. The van der Waals surface area contributed by atoms with Gasteiger partial charge in [-0.25, -0.2) is 8.42 Å². The van der Waals surface area contributed by atoms with Gasteiger partial charge in [-0.3, -0.25) is 4.79 Å². The minimum Gasteiger partial charge on any atom is -0.495 e. The first-order chi connectivity index (χ1) is 12.6. The van der Waals surface area contributed by atoms with Gasteiger partial charge in [-0.2, -0.15) is 13.2 Å². The average Bonchev–Trinajstić information content (AvgIpc) is 2.61. The molecular formula is C17H16F3NO5S. The van der Waals surface area contributed by atoms with Crippen LogP contribution in [0.3, 0.4) is 0 Å². The van der Waals surface area contributed by atoms with E-state index in [4.69, 9.17) is 9.47 Å². The Morgan fingerprint density at radius 1 is 1.11 bits per heavy atom. The summed E-state index contributed by atoms with van der Waals surface area (Å²) >= 11 is 0. The summed E-state index contributed by atoms with van der Waals surface area (Å²) in [5.41, 5.74) is -4.73. The van der Waals surface area contributed by atoms with Gasteiger partial charge in [-0.15, -0.1) is 0 Å². The van der Waals surface area contributed by atoms with Crippen molar-refractivity contribution in [3.8, 4) is 5.75 Å². The Morgan fingerprint density at radius 2 is 1.81 bits per heavy atom. The lowest BCUT2D eigenvalue weighted by atomic mass is 10.1. The highest BCUT2D eigenvalue weighted by molar-refractivity contribution is 7.92. The Morgan fingerprint density at radius 3 is 2.41 bits per heavy atom. The molecule has 1 amide bonds. The van der Waals surface area contributed by atoms with E-state index in [0.29, 0.717) is 11.6 Å². The van der Waals surface area contributed by atoms with E-state index in [1.54, 1.807) is 18.2 Å². The number of carbonyl (C=O) groups excluding carboxylic acids is 1. The van der Waals surface area contributed by atoms with Crippen molar-refractivity contribution in [2.24, 2.45) is 0 Å². The number of benzene rings is 2. The number of hydrogen-bond acceptors (Lipinski definition) is 5. The molecule has 0 unspecified atom stereocenters. The van der Waals surface area contributed by atoms with Gasteiger partial charge in [0.05, 0.1) is 24.3 Å². The van der Waals surface area contributed by atoms with Crippen LogP contribution in [0.5, 0.6) is 5.75 Å². The Bertz CT molecular complexity index is 942. The van der Waals surface area contributed by atoms with Crippen LogP contribution in [-0.2, 0) is 21.2 Å². The fraction of sp³-hybridized carbons (Fsp3) is 0.235. The second-order valence-corrected chi connectivity index (χ2v) is 7.34. The quantitative estimate of drug-likeness (QED) is 0.800. The molecule has 2 aromatic rings. The van der Waals surface area contributed by atoms with Crippen molar-refractivity contribution >= 4 is 21.4 Å². The molecular weight excluding hydrogens is 387 g/mol. The van der Waals surface area contributed by atoms with Gasteiger partial charge in [0.15, 0.2) is 0 Å². The van der Waals surface area contributed by atoms with Gasteiger partial charge in [0.25, 0.3) is 15.7 Å². The number of nitrogens with one attached hydrogen (secondary N) is 1. The molecule has 0 spiro atoms. The predicted molar refractivity (Wildman–Crippen MR) is 91.3 cm³/mol. The van der Waals surface area contributed by atoms with Crippen molar-refractivity contribution in [1.82, 2.24) is 0 Å². The number of sulfone groups is 1. The summed E-state index contributed by atoms with van der Waals surface area (Å²) in [5, 5.41) is 2.37. The first kappa shape index (κ1) is 20.7. The van der Waals surface area contributed by atoms with E-state index in [-0.39, 0.29) is 23.6 Å². The maximum atomic E-state index is 12.8. The Labute approximate surface area is 153 Å². The number of rotatable bonds is 6. The van der Waals surface area contributed by atoms with Crippen molar-refractivity contribution in [1.29, 1.82) is 0 Å². The first-order valence-corrected chi connectivity index (χ1v) is 8.97. The van der Waals surface area contributed by atoms with Crippen LogP contribution in [0.1, 0.15) is 15.9 Å². The summed E-state index contributed by atoms with van der Waals surface area (Å²) in [6, 6.07) is 8.89. The maximum Gasteiger partial charge on any atom is 0.501 e. The van der Waals surface area contributed by atoms with Crippen molar-refractivity contribution in [2.75, 3.05) is 19.5 Å². The van der Waals surface area contributed by atoms with Crippen LogP contribution in [0.2, 0.25) is 0 Å². The molecule has 10 heteroatoms. The Hall–Kier alpha value is -2.59. The molecule has 27 heavy (non-hydrogen) atoms. The van der Waals surface area contributed by atoms with Crippen molar-refractivity contribution in [3.63, 3.8) is 0 Å². The monoisotopic (exact) mass is 403 g/mol. The topological polar surface area (TPSA) is 81.7 Å². The normalized spacial score (nSPS) is 11.9. The summed E-state index contributed by atoms with van der Waals surface area (Å²) in [6.07, 6.45) is 0. The molecule has 0 bridgehead atoms. The molecule has 2 aromatic carbocycles. The molecule has 6 nitrogen and oxygen atoms in total. The average molecular weight is 403 g/mol. The smallest absolute Gasteiger partial charge is 0.495 e. The highest BCUT2D eigenvalue weighted by Crippen LogP contribution is 2.34. The third-order valence-corrected chi connectivity index (χ3v) is 5.02. The maximum absolute atomic E-state index is 12.8. The fourth-order valence-electron chi connectivity index (χ4n) is 2.25. The molecule has 0 aliphatic rings. The summed E-state index contributed by atoms with van der Waals surface area (Å²) in [5.74, 6) is -0.634. The van der Waals surface area contributed by atoms with Gasteiger partial charge < -0.3 is 14.8 Å². The van der Waals surface area contributed by atoms with E-state index >= 15 is 0 Å². The van der Waals surface area contributed by atoms with Crippen LogP contribution in [0.15, 0.2) is 47.4 Å². The molecule has 2 rings (SSSR count). The number of anilines is 1. The van der Waals surface area contributed by atoms with Crippen LogP contribution in [0.25, 0.3) is 0 Å². The van der Waals surface area contributed by atoms with E-state index in [0.717, 1.165) is 12.1 Å². The zero-order valence-corrected chi connectivity index (χ0v) is 15.1. The second-order valence-electron chi connectivity index (χ2n) is 5.40. The first-order valence-electron chi connectivity index (χ1n) is 7.48. The molecule has 0 radical (unpaired) electrons. The standard InChI is InChI=1S/C17H16F3NO5S/c1-25-10-11-4-3-5-12(8-11)16(22)21-14-9-13(6-7-15(14)26-2)27(23,24)17(18,19)20/h3-9H,10H2,1-2H3,(H,21,22). The summed E-state index contributed by atoms with van der Waals surface area (Å²) in [6.45, 7) is 0.268. The lowest BCUT2D eigenvalue weighted by molar-refractivity contribution is -0.0436. The molecule has 1 N–H and O–H groups in total. The van der Waals surface area contributed by atoms with E-state index in [1.807, 2.05) is 0 Å². The number of ether oxygens (including phenoxy) is 2. The number of halogens is 3. The van der Waals surface area contributed by atoms with Crippen molar-refractivity contribution in [3.05, 3.63) is 53.6 Å². The third-order valence-electron chi connectivity index (χ3n) is 3.53. The number of methoxy groups -OCH3 is 2. The minimum atomic E-state index is -5.56. The zero-order chi connectivity index (χ0) is 20.2.